The molecule has 18 nitrogen and oxygen atoms in total. The van der Waals surface area contributed by atoms with Gasteiger partial charge in [-0.25, -0.2) is 23.9 Å². The molecule has 0 aromatic carbocycles. The number of nitrogens with two attached hydrogens (primary N) is 2. The number of nitrogens with one attached hydrogen (secondary N) is 1. The monoisotopic (exact) mass is 659 g/mol. The number of H-pyrrole nitrogens is 1. The summed E-state index contributed by atoms with van der Waals surface area (Å²) in [6.07, 6.45) is -4.50. The summed E-state index contributed by atoms with van der Waals surface area (Å²) in [6, 6.07) is 1.60. The summed E-state index contributed by atoms with van der Waals surface area (Å²) < 4.78 is 79.2. The topological polar surface area (TPSA) is 236 Å². The van der Waals surface area contributed by atoms with Crippen LogP contribution in [0.25, 0.3) is 22.2 Å². The summed E-state index contributed by atoms with van der Waals surface area (Å²) in [5, 5.41) is 0.473. The number of halogens is 1. The molecule has 3 aliphatic rings. The van der Waals surface area contributed by atoms with Gasteiger partial charge in [0.05, 0.1) is 31.0 Å². The van der Waals surface area contributed by atoms with E-state index in [4.69, 9.17) is 39.0 Å². The fraction of sp³-hybridized carbons (Fsp3) is 0.476. The van der Waals surface area contributed by atoms with Gasteiger partial charge in [-0.2, -0.15) is 4.98 Å². The minimum Gasteiger partial charge on any atom is -0.383 e. The third-order valence-electron chi connectivity index (χ3n) is 7.24. The molecule has 4 aromatic heterocycles. The van der Waals surface area contributed by atoms with Crippen LogP contribution < -0.4 is 17.0 Å². The summed E-state index contributed by atoms with van der Waals surface area (Å²) in [7, 11) is -3.31. The smallest absolute Gasteiger partial charge is 0.383 e. The van der Waals surface area contributed by atoms with Gasteiger partial charge in [0.15, 0.2) is 29.8 Å². The molecule has 22 heteroatoms. The van der Waals surface area contributed by atoms with Gasteiger partial charge in [-0.15, -0.1) is 0 Å². The highest BCUT2D eigenvalue weighted by Gasteiger charge is 2.50. The maximum atomic E-state index is 15.9. The molecule has 0 amide bonds. The third kappa shape index (κ3) is 5.26. The van der Waals surface area contributed by atoms with E-state index < -0.39 is 70.3 Å². The average Bonchev–Trinajstić information content (AvgIpc) is 3.72. The van der Waals surface area contributed by atoms with Gasteiger partial charge in [-0.05, 0) is 6.07 Å². The number of aromatic nitrogens is 7. The van der Waals surface area contributed by atoms with E-state index in [1.165, 1.54) is 28.0 Å². The zero-order chi connectivity index (χ0) is 30.0. The maximum absolute atomic E-state index is 15.9. The largest absolute Gasteiger partial charge is 0.386 e. The van der Waals surface area contributed by atoms with Crippen molar-refractivity contribution in [2.75, 3.05) is 24.7 Å². The second-order valence-corrected chi connectivity index (χ2v) is 13.8. The molecular weight excluding hydrogens is 635 g/mol. The van der Waals surface area contributed by atoms with Crippen LogP contribution in [0.3, 0.4) is 0 Å². The van der Waals surface area contributed by atoms with Gasteiger partial charge in [-0.1, -0.05) is 12.2 Å². The lowest BCUT2D eigenvalue weighted by Crippen LogP contribution is -2.33. The maximum Gasteiger partial charge on any atom is 0.386 e. The first-order valence-electron chi connectivity index (χ1n) is 12.8. The Morgan fingerprint density at radius 2 is 1.95 bits per heavy atom. The molecule has 9 atom stereocenters. The van der Waals surface area contributed by atoms with E-state index in [1.54, 1.807) is 6.07 Å². The lowest BCUT2D eigenvalue weighted by molar-refractivity contribution is -0.0556. The highest BCUT2D eigenvalue weighted by molar-refractivity contribution is 8.44. The summed E-state index contributed by atoms with van der Waals surface area (Å²) >= 11 is 4.12. The Hall–Kier alpha value is -2.93. The number of ether oxygens (including phenoxy) is 2. The van der Waals surface area contributed by atoms with Crippen LogP contribution in [-0.4, -0.2) is 77.9 Å². The fourth-order valence-corrected chi connectivity index (χ4v) is 7.74. The Kier molecular flexibility index (Phi) is 7.31. The number of rotatable bonds is 2. The molecule has 0 aliphatic carbocycles. The van der Waals surface area contributed by atoms with Crippen LogP contribution >= 0.6 is 27.3 Å². The van der Waals surface area contributed by atoms with E-state index in [2.05, 4.69) is 37.2 Å². The molecule has 0 saturated carbocycles. The van der Waals surface area contributed by atoms with Gasteiger partial charge in [0.25, 0.3) is 5.56 Å². The Morgan fingerprint density at radius 1 is 1.12 bits per heavy atom. The number of thiol groups is 1. The Labute approximate surface area is 245 Å². The van der Waals surface area contributed by atoms with Crippen molar-refractivity contribution in [3.05, 3.63) is 35.3 Å². The first-order chi connectivity index (χ1) is 20.6. The van der Waals surface area contributed by atoms with Gasteiger partial charge in [0.1, 0.15) is 36.1 Å². The minimum absolute atomic E-state index is 0.0150. The normalized spacial score (nSPS) is 35.4. The van der Waals surface area contributed by atoms with Crippen molar-refractivity contribution in [2.45, 2.75) is 49.5 Å². The highest BCUT2D eigenvalue weighted by atomic mass is 32.7. The van der Waals surface area contributed by atoms with Gasteiger partial charge in [0, 0.05) is 12.6 Å². The molecule has 1 unspecified atom stereocenters. The zero-order valence-corrected chi connectivity index (χ0v) is 24.5. The highest BCUT2D eigenvalue weighted by Crippen LogP contribution is 2.57. The number of aromatic amines is 1. The number of nitrogen functional groups attached to an aromatic ring is 2. The Balaban J connectivity index is 1.16. The predicted molar refractivity (Wildman–Crippen MR) is 149 cm³/mol. The van der Waals surface area contributed by atoms with Crippen molar-refractivity contribution in [1.82, 2.24) is 34.1 Å². The van der Waals surface area contributed by atoms with Crippen molar-refractivity contribution in [2.24, 2.45) is 0 Å². The first-order valence-corrected chi connectivity index (χ1v) is 16.7. The van der Waals surface area contributed by atoms with Crippen LogP contribution in [0.4, 0.5) is 16.2 Å². The summed E-state index contributed by atoms with van der Waals surface area (Å²) in [4.78, 5) is 30.9. The molecule has 7 heterocycles. The number of fused-ring (bicyclic) bond motifs is 5. The van der Waals surface area contributed by atoms with E-state index >= 15 is 4.39 Å². The standard InChI is InChI=1S/C21H24FN9O9P2S/c22-12-14-11(38-20(12)30-2-1-9-15(23)25-6-26-16(9)30)5-36-42(34,43)40-10-3-8(4-35-41(33)39-14)37-19(10)31-7-27-13-17(31)28-21(24)29-18(13)32/h1-2,6-8,10-12,14,19-20,41H,3-5H2,(H,34,43)(H2,23,25,26)(H3,24,28,29,32)/t8-,10+,11+,12-,14+,19+,20+,42+/m0/s1. The number of nitrogens with zero attached hydrogens (tertiary/aromatic N) is 6. The van der Waals surface area contributed by atoms with Crippen LogP contribution in [0.15, 0.2) is 29.7 Å². The van der Waals surface area contributed by atoms with E-state index in [0.29, 0.717) is 11.0 Å². The van der Waals surface area contributed by atoms with E-state index in [9.17, 15) is 13.9 Å². The van der Waals surface area contributed by atoms with Crippen molar-refractivity contribution < 1.29 is 41.1 Å². The number of hydrogen-bond acceptors (Lipinski definition) is 15. The van der Waals surface area contributed by atoms with Gasteiger partial charge in [0.2, 0.25) is 5.95 Å². The lowest BCUT2D eigenvalue weighted by atomic mass is 10.1. The van der Waals surface area contributed by atoms with Crippen molar-refractivity contribution >= 4 is 61.3 Å². The van der Waals surface area contributed by atoms with Crippen LogP contribution in [0, 0.1) is 0 Å². The summed E-state index contributed by atoms with van der Waals surface area (Å²) in [6.45, 7) is -4.95. The minimum atomic E-state index is -4.17. The molecule has 5 N–H and O–H groups in total. The predicted octanol–water partition coefficient (Wildman–Crippen LogP) is 1.50. The third-order valence-corrected chi connectivity index (χ3v) is 9.75. The zero-order valence-electron chi connectivity index (χ0n) is 21.8. The molecule has 0 spiro atoms. The molecule has 3 fully saturated rings. The van der Waals surface area contributed by atoms with Crippen molar-refractivity contribution in [3.63, 3.8) is 0 Å². The number of anilines is 2. The lowest BCUT2D eigenvalue weighted by Gasteiger charge is -2.25. The van der Waals surface area contributed by atoms with Crippen molar-refractivity contribution in [3.8, 4) is 0 Å². The van der Waals surface area contributed by atoms with E-state index in [1.807, 2.05) is 0 Å². The Morgan fingerprint density at radius 3 is 2.79 bits per heavy atom. The van der Waals surface area contributed by atoms with Crippen molar-refractivity contribution in [1.29, 1.82) is 0 Å². The van der Waals surface area contributed by atoms with Crippen LogP contribution in [0.5, 0.6) is 0 Å². The second kappa shape index (κ2) is 10.9. The molecular formula is C21H24FN9O9P2S. The van der Waals surface area contributed by atoms with Gasteiger partial charge >= 0.3 is 15.1 Å². The van der Waals surface area contributed by atoms with Gasteiger partial charge in [-0.3, -0.25) is 28.0 Å². The molecule has 3 saturated heterocycles. The van der Waals surface area contributed by atoms with Gasteiger partial charge < -0.3 is 34.6 Å². The SMILES string of the molecule is Nc1nc2c(ncn2[C@@H]2O[C@@H]3CO[PH](=O)O[C@H]4[C@H](F)[C@H](n5ccc6c(N)ncnc65)O[C@@H]4CO[P@@](=O)(S)O[C@@H]2C3)c(=O)[nH]1. The average molecular weight is 659 g/mol. The van der Waals surface area contributed by atoms with E-state index in [-0.39, 0.29) is 36.0 Å². The molecule has 4 aromatic rings. The number of alkyl halides is 1. The fourth-order valence-electron chi connectivity index (χ4n) is 5.36. The molecule has 7 rings (SSSR count). The molecule has 43 heavy (non-hydrogen) atoms. The first kappa shape index (κ1) is 28.8. The number of imidazole rings is 1. The summed E-state index contributed by atoms with van der Waals surface area (Å²) in [5.41, 5.74) is 11.4. The molecule has 2 bridgehead atoms. The van der Waals surface area contributed by atoms with Crippen LogP contribution in [-0.2, 0) is 36.7 Å². The van der Waals surface area contributed by atoms with Crippen LogP contribution in [0.2, 0.25) is 0 Å². The molecule has 3 aliphatic heterocycles. The quantitative estimate of drug-likeness (QED) is 0.176. The second-order valence-electron chi connectivity index (χ2n) is 9.94. The van der Waals surface area contributed by atoms with E-state index in [0.717, 1.165) is 0 Å². The molecule has 0 radical (unpaired) electrons. The number of hydrogen-bond donors (Lipinski definition) is 4. The molecule has 230 valence electrons. The van der Waals surface area contributed by atoms with Crippen LogP contribution in [0.1, 0.15) is 18.9 Å². The Bertz CT molecular complexity index is 1840. The summed E-state index contributed by atoms with van der Waals surface area (Å²) in [5.74, 6) is 0.0332.